The first-order chi connectivity index (χ1) is 17.4. The van der Waals surface area contributed by atoms with Gasteiger partial charge in [-0.15, -0.1) is 11.6 Å². The fraction of sp³-hybridized carbons (Fsp3) is 0.607. The van der Waals surface area contributed by atoms with Crippen LogP contribution in [-0.2, 0) is 16.2 Å². The highest BCUT2D eigenvalue weighted by atomic mass is 79.9. The van der Waals surface area contributed by atoms with Gasteiger partial charge in [-0.05, 0) is 77.6 Å². The molecule has 0 radical (unpaired) electrons. The SMILES string of the molecule is C[C@@H]1C[C@H]2[C@@H]3CCC4=C/C(=N/OCc5cncc(Br)c5)C=C[C@]4(C)[C@@]3(Cl)[C@@H](O)C[C@]2(C)[C@@]1(O)C(=O)CO. The molecule has 5 rings (SSSR count). The Labute approximate surface area is 230 Å². The topological polar surface area (TPSA) is 112 Å². The molecule has 0 amide bonds. The number of fused-ring (bicyclic) bond motifs is 5. The number of ketones is 1. The second-order valence-electron chi connectivity index (χ2n) is 11.6. The van der Waals surface area contributed by atoms with Crippen molar-refractivity contribution in [1.29, 1.82) is 0 Å². The number of nitrogens with zero attached hydrogens (tertiary/aromatic N) is 2. The van der Waals surface area contributed by atoms with E-state index in [-0.39, 0.29) is 24.2 Å². The molecule has 9 heteroatoms. The number of rotatable bonds is 5. The molecule has 0 unspecified atom stereocenters. The van der Waals surface area contributed by atoms with Crippen LogP contribution in [0.5, 0.6) is 0 Å². The molecule has 1 aromatic heterocycles. The monoisotopic (exact) mass is 592 g/mol. The van der Waals surface area contributed by atoms with Crippen LogP contribution in [0.1, 0.15) is 52.0 Å². The van der Waals surface area contributed by atoms with Crippen molar-refractivity contribution in [3.05, 3.63) is 52.3 Å². The van der Waals surface area contributed by atoms with Crippen molar-refractivity contribution in [3.63, 3.8) is 0 Å². The van der Waals surface area contributed by atoms with Crippen LogP contribution in [0.15, 0.2) is 51.9 Å². The van der Waals surface area contributed by atoms with Gasteiger partial charge in [0.1, 0.15) is 24.5 Å². The Morgan fingerprint density at radius 1 is 1.32 bits per heavy atom. The van der Waals surface area contributed by atoms with E-state index in [4.69, 9.17) is 16.4 Å². The smallest absolute Gasteiger partial charge is 0.190 e. The molecular weight excluding hydrogens is 560 g/mol. The number of carbonyl (C=O) groups excluding carboxylic acids is 1. The van der Waals surface area contributed by atoms with E-state index >= 15 is 0 Å². The van der Waals surface area contributed by atoms with Gasteiger partial charge < -0.3 is 20.2 Å². The fourth-order valence-corrected chi connectivity index (χ4v) is 8.98. The molecule has 0 aliphatic heterocycles. The lowest BCUT2D eigenvalue weighted by Crippen LogP contribution is -2.69. The van der Waals surface area contributed by atoms with Crippen LogP contribution in [0.3, 0.4) is 0 Å². The number of aliphatic hydroxyl groups is 3. The quantitative estimate of drug-likeness (QED) is 0.346. The first kappa shape index (κ1) is 27.0. The highest BCUT2D eigenvalue weighted by molar-refractivity contribution is 9.10. The van der Waals surface area contributed by atoms with Gasteiger partial charge in [0.25, 0.3) is 0 Å². The summed E-state index contributed by atoms with van der Waals surface area (Å²) in [6.07, 6.45) is 10.7. The highest BCUT2D eigenvalue weighted by Gasteiger charge is 2.74. The number of allylic oxidation sites excluding steroid dienone is 4. The third kappa shape index (κ3) is 3.73. The Morgan fingerprint density at radius 3 is 2.78 bits per heavy atom. The maximum atomic E-state index is 12.8. The molecule has 3 saturated carbocycles. The third-order valence-electron chi connectivity index (χ3n) is 9.97. The van der Waals surface area contributed by atoms with E-state index in [1.54, 1.807) is 12.4 Å². The number of halogens is 2. The van der Waals surface area contributed by atoms with Crippen LogP contribution in [-0.4, -0.2) is 55.0 Å². The largest absolute Gasteiger partial charge is 0.391 e. The maximum absolute atomic E-state index is 12.8. The van der Waals surface area contributed by atoms with Crippen molar-refractivity contribution in [3.8, 4) is 0 Å². The number of Topliss-reactive ketones (excluding diaryl/α,β-unsaturated/α-hetero) is 1. The molecule has 3 fully saturated rings. The Morgan fingerprint density at radius 2 is 2.08 bits per heavy atom. The number of alkyl halides is 1. The van der Waals surface area contributed by atoms with Gasteiger partial charge in [0.15, 0.2) is 5.78 Å². The summed E-state index contributed by atoms with van der Waals surface area (Å²) >= 11 is 10.9. The van der Waals surface area contributed by atoms with Crippen LogP contribution in [0.4, 0.5) is 0 Å². The van der Waals surface area contributed by atoms with Crippen LogP contribution in [0.2, 0.25) is 0 Å². The predicted molar refractivity (Wildman–Crippen MR) is 144 cm³/mol. The molecule has 0 saturated heterocycles. The lowest BCUT2D eigenvalue weighted by Gasteiger charge is -2.64. The number of carbonyl (C=O) groups is 1. The summed E-state index contributed by atoms with van der Waals surface area (Å²) in [6.45, 7) is 5.39. The van der Waals surface area contributed by atoms with Gasteiger partial charge in [0, 0.05) is 33.3 Å². The van der Waals surface area contributed by atoms with E-state index in [1.807, 2.05) is 38.1 Å². The van der Waals surface area contributed by atoms with Crippen molar-refractivity contribution in [1.82, 2.24) is 4.98 Å². The second-order valence-corrected chi connectivity index (χ2v) is 13.2. The average Bonchev–Trinajstić information content (AvgIpc) is 3.06. The molecule has 0 bridgehead atoms. The minimum absolute atomic E-state index is 0.0621. The van der Waals surface area contributed by atoms with Gasteiger partial charge in [-0.1, -0.05) is 37.6 Å². The summed E-state index contributed by atoms with van der Waals surface area (Å²) < 4.78 is 0.874. The zero-order chi connectivity index (χ0) is 26.8. The van der Waals surface area contributed by atoms with Gasteiger partial charge in [0.05, 0.1) is 11.0 Å². The molecule has 8 atom stereocenters. The zero-order valence-corrected chi connectivity index (χ0v) is 23.7. The molecule has 3 N–H and O–H groups in total. The number of aromatic nitrogens is 1. The normalized spacial score (nSPS) is 43.6. The van der Waals surface area contributed by atoms with Crippen molar-refractivity contribution >= 4 is 39.0 Å². The lowest BCUT2D eigenvalue weighted by molar-refractivity contribution is -0.179. The van der Waals surface area contributed by atoms with Crippen LogP contribution >= 0.6 is 27.5 Å². The first-order valence-electron chi connectivity index (χ1n) is 12.8. The molecule has 4 aliphatic rings. The Kier molecular flexibility index (Phi) is 6.76. The minimum atomic E-state index is -1.69. The number of pyridine rings is 1. The highest BCUT2D eigenvalue weighted by Crippen LogP contribution is 2.71. The number of hydrogen-bond donors (Lipinski definition) is 3. The molecule has 0 aromatic carbocycles. The average molecular weight is 594 g/mol. The van der Waals surface area contributed by atoms with E-state index in [0.29, 0.717) is 18.7 Å². The molecule has 37 heavy (non-hydrogen) atoms. The standard InChI is InChI=1S/C28H34BrClN2O5/c1-16-8-22-21-5-4-18-10-20(32-37-15-17-9-19(29)13-31-12-17)6-7-25(18,2)27(21,30)23(34)11-26(22,3)28(16,36)24(35)14-33/h6-7,9-10,12-13,16,21-23,33-34,36H,4-5,8,11,14-15H2,1-3H3/b32-20+/t16-,21+,22+,23+,25+,26+,27+,28+/m1/s1. The van der Waals surface area contributed by atoms with Crippen LogP contribution < -0.4 is 0 Å². The van der Waals surface area contributed by atoms with E-state index in [9.17, 15) is 20.1 Å². The third-order valence-corrected chi connectivity index (χ3v) is 11.3. The van der Waals surface area contributed by atoms with Crippen molar-refractivity contribution in [2.45, 2.75) is 69.6 Å². The summed E-state index contributed by atoms with van der Waals surface area (Å²) in [5.74, 6) is -1.08. The molecule has 1 aromatic rings. The van der Waals surface area contributed by atoms with E-state index in [1.165, 1.54) is 0 Å². The summed E-state index contributed by atoms with van der Waals surface area (Å²) in [6, 6.07) is 1.93. The summed E-state index contributed by atoms with van der Waals surface area (Å²) in [5, 5.41) is 37.3. The molecular formula is C28H34BrClN2O5. The van der Waals surface area contributed by atoms with E-state index in [2.05, 4.69) is 33.0 Å². The van der Waals surface area contributed by atoms with E-state index < -0.39 is 39.8 Å². The summed E-state index contributed by atoms with van der Waals surface area (Å²) in [4.78, 5) is 21.5. The van der Waals surface area contributed by atoms with Gasteiger partial charge in [0.2, 0.25) is 0 Å². The van der Waals surface area contributed by atoms with Gasteiger partial charge >= 0.3 is 0 Å². The Bertz CT molecular complexity index is 1200. The lowest BCUT2D eigenvalue weighted by atomic mass is 9.45. The number of aliphatic hydroxyl groups excluding tert-OH is 2. The molecule has 7 nitrogen and oxygen atoms in total. The fourth-order valence-electron chi connectivity index (χ4n) is 8.04. The van der Waals surface area contributed by atoms with Gasteiger partial charge in [-0.3, -0.25) is 9.78 Å². The Hall–Kier alpha value is -1.58. The second kappa shape index (κ2) is 9.26. The first-order valence-corrected chi connectivity index (χ1v) is 14.0. The van der Waals surface area contributed by atoms with Gasteiger partial charge in [-0.2, -0.15) is 0 Å². The maximum Gasteiger partial charge on any atom is 0.190 e. The summed E-state index contributed by atoms with van der Waals surface area (Å²) in [5.41, 5.74) is -0.519. The summed E-state index contributed by atoms with van der Waals surface area (Å²) in [7, 11) is 0. The molecule has 200 valence electrons. The van der Waals surface area contributed by atoms with Crippen molar-refractivity contribution in [2.75, 3.05) is 6.61 Å². The number of oxime groups is 1. The van der Waals surface area contributed by atoms with Crippen LogP contribution in [0, 0.1) is 28.6 Å². The predicted octanol–water partition coefficient (Wildman–Crippen LogP) is 4.33. The molecule has 1 heterocycles. The Balaban J connectivity index is 1.42. The van der Waals surface area contributed by atoms with Crippen molar-refractivity contribution < 1.29 is 25.0 Å². The molecule has 4 aliphatic carbocycles. The zero-order valence-electron chi connectivity index (χ0n) is 21.3. The van der Waals surface area contributed by atoms with Crippen molar-refractivity contribution in [2.24, 2.45) is 33.7 Å². The minimum Gasteiger partial charge on any atom is -0.391 e. The van der Waals surface area contributed by atoms with E-state index in [0.717, 1.165) is 28.5 Å². The van der Waals surface area contributed by atoms with Gasteiger partial charge in [-0.25, -0.2) is 0 Å². The van der Waals surface area contributed by atoms with Crippen LogP contribution in [0.25, 0.3) is 0 Å². The number of hydrogen-bond acceptors (Lipinski definition) is 7. The molecule has 0 spiro atoms.